The van der Waals surface area contributed by atoms with Crippen molar-refractivity contribution in [2.75, 3.05) is 0 Å². The zero-order valence-electron chi connectivity index (χ0n) is 15.6. The number of carbonyl (C=O) groups excluding carboxylic acids is 1. The van der Waals surface area contributed by atoms with Crippen molar-refractivity contribution in [1.82, 2.24) is 0 Å². The molecule has 2 aromatic carbocycles. The SMILES string of the molecule is Cc1ccc(-c2ccc(C)c(C3=C(O)C4(CCCCC4)CC3=O)c2)cc1. The summed E-state index contributed by atoms with van der Waals surface area (Å²) in [6, 6.07) is 14.6. The average Bonchev–Trinajstić information content (AvgIpc) is 2.87. The van der Waals surface area contributed by atoms with Gasteiger partial charge in [-0.05, 0) is 55.0 Å². The Balaban J connectivity index is 1.80. The van der Waals surface area contributed by atoms with E-state index in [-0.39, 0.29) is 11.2 Å². The summed E-state index contributed by atoms with van der Waals surface area (Å²) in [6.45, 7) is 4.10. The molecular formula is C24H26O2. The van der Waals surface area contributed by atoms with Gasteiger partial charge in [-0.2, -0.15) is 0 Å². The molecule has 134 valence electrons. The van der Waals surface area contributed by atoms with Crippen LogP contribution in [-0.2, 0) is 4.79 Å². The van der Waals surface area contributed by atoms with Crippen molar-refractivity contribution in [3.05, 3.63) is 64.9 Å². The minimum absolute atomic E-state index is 0.105. The number of aryl methyl sites for hydroxylation is 2. The van der Waals surface area contributed by atoms with E-state index in [1.54, 1.807) is 0 Å². The van der Waals surface area contributed by atoms with Crippen LogP contribution >= 0.6 is 0 Å². The topological polar surface area (TPSA) is 37.3 Å². The monoisotopic (exact) mass is 346 g/mol. The van der Waals surface area contributed by atoms with Gasteiger partial charge in [0.2, 0.25) is 0 Å². The molecule has 0 amide bonds. The van der Waals surface area contributed by atoms with Crippen molar-refractivity contribution in [2.45, 2.75) is 52.4 Å². The molecule has 0 atom stereocenters. The van der Waals surface area contributed by atoms with Gasteiger partial charge in [-0.3, -0.25) is 4.79 Å². The average molecular weight is 346 g/mol. The maximum atomic E-state index is 12.9. The maximum absolute atomic E-state index is 12.9. The van der Waals surface area contributed by atoms with E-state index in [1.807, 2.05) is 6.92 Å². The number of aliphatic hydroxyl groups excluding tert-OH is 1. The second-order valence-corrected chi connectivity index (χ2v) is 8.06. The molecule has 0 aromatic heterocycles. The van der Waals surface area contributed by atoms with Gasteiger partial charge >= 0.3 is 0 Å². The predicted octanol–water partition coefficient (Wildman–Crippen LogP) is 6.16. The van der Waals surface area contributed by atoms with Gasteiger partial charge in [0.15, 0.2) is 5.78 Å². The van der Waals surface area contributed by atoms with Gasteiger partial charge in [0, 0.05) is 11.8 Å². The Morgan fingerprint density at radius 2 is 1.54 bits per heavy atom. The molecule has 0 aliphatic heterocycles. The molecule has 0 saturated heterocycles. The fourth-order valence-electron chi connectivity index (χ4n) is 4.61. The van der Waals surface area contributed by atoms with Gasteiger partial charge in [-0.25, -0.2) is 0 Å². The Labute approximate surface area is 155 Å². The van der Waals surface area contributed by atoms with Gasteiger partial charge in [-0.1, -0.05) is 61.2 Å². The van der Waals surface area contributed by atoms with Crippen LogP contribution in [0.4, 0.5) is 0 Å². The Morgan fingerprint density at radius 1 is 0.885 bits per heavy atom. The van der Waals surface area contributed by atoms with Crippen LogP contribution in [0.1, 0.15) is 55.2 Å². The summed E-state index contributed by atoms with van der Waals surface area (Å²) in [5.41, 5.74) is 5.66. The first kappa shape index (κ1) is 17.1. The molecule has 2 heteroatoms. The second kappa shape index (κ2) is 6.42. The third kappa shape index (κ3) is 2.78. The van der Waals surface area contributed by atoms with Crippen LogP contribution in [0.15, 0.2) is 48.2 Å². The molecule has 0 bridgehead atoms. The fraction of sp³-hybridized carbons (Fsp3) is 0.375. The summed E-state index contributed by atoms with van der Waals surface area (Å²) in [4.78, 5) is 12.9. The Morgan fingerprint density at radius 3 is 2.23 bits per heavy atom. The molecule has 0 radical (unpaired) electrons. The Kier molecular flexibility index (Phi) is 4.22. The molecule has 1 saturated carbocycles. The van der Waals surface area contributed by atoms with E-state index in [9.17, 15) is 9.90 Å². The van der Waals surface area contributed by atoms with Crippen molar-refractivity contribution in [2.24, 2.45) is 5.41 Å². The summed E-state index contributed by atoms with van der Waals surface area (Å²) in [5, 5.41) is 11.1. The number of ketones is 1. The van der Waals surface area contributed by atoms with Crippen molar-refractivity contribution >= 4 is 11.4 Å². The largest absolute Gasteiger partial charge is 0.511 e. The number of hydrogen-bond acceptors (Lipinski definition) is 2. The van der Waals surface area contributed by atoms with Crippen molar-refractivity contribution < 1.29 is 9.90 Å². The predicted molar refractivity (Wildman–Crippen MR) is 106 cm³/mol. The summed E-state index contributed by atoms with van der Waals surface area (Å²) >= 11 is 0. The van der Waals surface area contributed by atoms with E-state index in [2.05, 4.69) is 49.4 Å². The van der Waals surface area contributed by atoms with E-state index in [0.29, 0.717) is 17.8 Å². The number of aliphatic hydroxyl groups is 1. The molecule has 0 heterocycles. The van der Waals surface area contributed by atoms with E-state index in [1.165, 1.54) is 12.0 Å². The van der Waals surface area contributed by atoms with Gasteiger partial charge in [0.1, 0.15) is 5.76 Å². The van der Waals surface area contributed by atoms with Crippen LogP contribution in [-0.4, -0.2) is 10.9 Å². The molecule has 4 rings (SSSR count). The molecule has 1 spiro atoms. The number of benzene rings is 2. The van der Waals surface area contributed by atoms with E-state index >= 15 is 0 Å². The van der Waals surface area contributed by atoms with Gasteiger partial charge in [-0.15, -0.1) is 0 Å². The van der Waals surface area contributed by atoms with Crippen molar-refractivity contribution in [3.8, 4) is 11.1 Å². The Hall–Kier alpha value is -2.35. The van der Waals surface area contributed by atoms with Gasteiger partial charge in [0.05, 0.1) is 5.57 Å². The third-order valence-electron chi connectivity index (χ3n) is 6.22. The van der Waals surface area contributed by atoms with E-state index < -0.39 is 0 Å². The normalized spacial score (nSPS) is 19.4. The number of rotatable bonds is 2. The quantitative estimate of drug-likeness (QED) is 0.707. The molecule has 2 aliphatic rings. The summed E-state index contributed by atoms with van der Waals surface area (Å²) in [7, 11) is 0. The van der Waals surface area contributed by atoms with Gasteiger partial charge in [0.25, 0.3) is 0 Å². The molecule has 2 aromatic rings. The first-order valence-corrected chi connectivity index (χ1v) is 9.65. The standard InChI is InChI=1S/C24H26O2/c1-16-6-9-18(10-7-16)19-11-8-17(2)20(14-19)22-21(25)15-24(23(22)26)12-4-3-5-13-24/h6-11,14,26H,3-5,12-13,15H2,1-2H3. The molecule has 26 heavy (non-hydrogen) atoms. The summed E-state index contributed by atoms with van der Waals surface area (Å²) < 4.78 is 0. The first-order chi connectivity index (χ1) is 12.5. The fourth-order valence-corrected chi connectivity index (χ4v) is 4.61. The number of allylic oxidation sites excluding steroid dienone is 2. The van der Waals surface area contributed by atoms with Crippen LogP contribution in [0, 0.1) is 19.3 Å². The van der Waals surface area contributed by atoms with Crippen LogP contribution in [0.3, 0.4) is 0 Å². The second-order valence-electron chi connectivity index (χ2n) is 8.06. The minimum Gasteiger partial charge on any atom is -0.511 e. The maximum Gasteiger partial charge on any atom is 0.167 e. The van der Waals surface area contributed by atoms with Gasteiger partial charge < -0.3 is 5.11 Å². The lowest BCUT2D eigenvalue weighted by Gasteiger charge is -2.32. The van der Waals surface area contributed by atoms with Crippen LogP contribution in [0.5, 0.6) is 0 Å². The van der Waals surface area contributed by atoms with E-state index in [4.69, 9.17) is 0 Å². The molecular weight excluding hydrogens is 320 g/mol. The first-order valence-electron chi connectivity index (χ1n) is 9.65. The Bertz CT molecular complexity index is 881. The lowest BCUT2D eigenvalue weighted by atomic mass is 9.72. The minimum atomic E-state index is -0.295. The molecule has 0 unspecified atom stereocenters. The summed E-state index contributed by atoms with van der Waals surface area (Å²) in [6.07, 6.45) is 5.76. The lowest BCUT2D eigenvalue weighted by molar-refractivity contribution is -0.114. The van der Waals surface area contributed by atoms with Crippen molar-refractivity contribution in [1.29, 1.82) is 0 Å². The third-order valence-corrected chi connectivity index (χ3v) is 6.22. The molecule has 1 fully saturated rings. The van der Waals surface area contributed by atoms with E-state index in [0.717, 1.165) is 47.9 Å². The zero-order valence-corrected chi connectivity index (χ0v) is 15.6. The van der Waals surface area contributed by atoms with Crippen LogP contribution in [0.25, 0.3) is 16.7 Å². The van der Waals surface area contributed by atoms with Crippen LogP contribution in [0.2, 0.25) is 0 Å². The highest BCUT2D eigenvalue weighted by Gasteiger charge is 2.46. The van der Waals surface area contributed by atoms with Crippen LogP contribution < -0.4 is 0 Å². The molecule has 2 nitrogen and oxygen atoms in total. The number of hydrogen-bond donors (Lipinski definition) is 1. The smallest absolute Gasteiger partial charge is 0.167 e. The number of Topliss-reactive ketones (excluding diaryl/α,β-unsaturated/α-hetero) is 1. The molecule has 1 N–H and O–H groups in total. The highest BCUT2D eigenvalue weighted by molar-refractivity contribution is 6.24. The highest BCUT2D eigenvalue weighted by atomic mass is 16.3. The highest BCUT2D eigenvalue weighted by Crippen LogP contribution is 2.52. The van der Waals surface area contributed by atoms with Crippen molar-refractivity contribution in [3.63, 3.8) is 0 Å². The summed E-state index contributed by atoms with van der Waals surface area (Å²) in [5.74, 6) is 0.458. The lowest BCUT2D eigenvalue weighted by Crippen LogP contribution is -2.24. The molecule has 2 aliphatic carbocycles. The number of carbonyl (C=O) groups is 1. The zero-order chi connectivity index (χ0) is 18.3.